The van der Waals surface area contributed by atoms with Gasteiger partial charge in [-0.2, -0.15) is 0 Å². The molecular formula is C19H38N2. The van der Waals surface area contributed by atoms with Gasteiger partial charge in [0.1, 0.15) is 0 Å². The van der Waals surface area contributed by atoms with E-state index in [2.05, 4.69) is 32.6 Å². The molecule has 3 atom stereocenters. The highest BCUT2D eigenvalue weighted by Crippen LogP contribution is 2.41. The smallest absolute Gasteiger partial charge is 0.0331 e. The van der Waals surface area contributed by atoms with Crippen molar-refractivity contribution in [1.29, 1.82) is 0 Å². The summed E-state index contributed by atoms with van der Waals surface area (Å²) < 4.78 is 0. The molecule has 1 aliphatic carbocycles. The molecule has 0 radical (unpaired) electrons. The highest BCUT2D eigenvalue weighted by Gasteiger charge is 2.42. The Hall–Kier alpha value is -0.0800. The van der Waals surface area contributed by atoms with Crippen LogP contribution in [0, 0.1) is 17.3 Å². The number of nitrogens with two attached hydrogens (primary N) is 1. The van der Waals surface area contributed by atoms with Gasteiger partial charge in [0.05, 0.1) is 0 Å². The van der Waals surface area contributed by atoms with E-state index in [0.29, 0.717) is 11.0 Å². The van der Waals surface area contributed by atoms with Gasteiger partial charge in [0.25, 0.3) is 0 Å². The molecule has 2 heteroatoms. The van der Waals surface area contributed by atoms with Crippen molar-refractivity contribution in [3.8, 4) is 0 Å². The molecule has 0 amide bonds. The Morgan fingerprint density at radius 1 is 1.14 bits per heavy atom. The molecule has 0 spiro atoms. The third-order valence-corrected chi connectivity index (χ3v) is 6.43. The molecule has 3 unspecified atom stereocenters. The van der Waals surface area contributed by atoms with Gasteiger partial charge in [-0.3, -0.25) is 4.90 Å². The topological polar surface area (TPSA) is 29.3 Å². The van der Waals surface area contributed by atoms with Crippen LogP contribution in [0.5, 0.6) is 0 Å². The Bertz CT molecular complexity index is 320. The van der Waals surface area contributed by atoms with E-state index in [-0.39, 0.29) is 0 Å². The molecule has 1 aliphatic heterocycles. The molecule has 124 valence electrons. The van der Waals surface area contributed by atoms with Gasteiger partial charge in [-0.05, 0) is 49.5 Å². The van der Waals surface area contributed by atoms with Gasteiger partial charge in [0.15, 0.2) is 0 Å². The lowest BCUT2D eigenvalue weighted by Gasteiger charge is -2.42. The molecule has 1 heterocycles. The largest absolute Gasteiger partial charge is 0.329 e. The van der Waals surface area contributed by atoms with Gasteiger partial charge in [0.2, 0.25) is 0 Å². The third-order valence-electron chi connectivity index (χ3n) is 6.43. The van der Waals surface area contributed by atoms with Crippen LogP contribution in [0.1, 0.15) is 79.1 Å². The molecule has 0 aromatic rings. The van der Waals surface area contributed by atoms with Crippen molar-refractivity contribution in [2.75, 3.05) is 19.6 Å². The fourth-order valence-electron chi connectivity index (χ4n) is 4.71. The summed E-state index contributed by atoms with van der Waals surface area (Å²) in [6.45, 7) is 13.0. The fourth-order valence-corrected chi connectivity index (χ4v) is 4.71. The van der Waals surface area contributed by atoms with Crippen LogP contribution in [0.25, 0.3) is 0 Å². The zero-order valence-electron chi connectivity index (χ0n) is 15.0. The van der Waals surface area contributed by atoms with Crippen molar-refractivity contribution in [3.05, 3.63) is 0 Å². The van der Waals surface area contributed by atoms with E-state index in [0.717, 1.165) is 18.4 Å². The van der Waals surface area contributed by atoms with Crippen LogP contribution in [0.4, 0.5) is 0 Å². The maximum absolute atomic E-state index is 6.32. The first-order valence-electron chi connectivity index (χ1n) is 9.36. The lowest BCUT2D eigenvalue weighted by atomic mass is 9.80. The van der Waals surface area contributed by atoms with E-state index < -0.39 is 0 Å². The Morgan fingerprint density at radius 2 is 1.90 bits per heavy atom. The predicted octanol–water partition coefficient (Wildman–Crippen LogP) is 4.43. The fraction of sp³-hybridized carbons (Fsp3) is 1.00. The molecule has 2 aliphatic rings. The number of likely N-dealkylation sites (tertiary alicyclic amines) is 1. The van der Waals surface area contributed by atoms with E-state index in [1.54, 1.807) is 0 Å². The van der Waals surface area contributed by atoms with Crippen LogP contribution in [0.2, 0.25) is 0 Å². The zero-order valence-corrected chi connectivity index (χ0v) is 15.0. The molecule has 2 fully saturated rings. The summed E-state index contributed by atoms with van der Waals surface area (Å²) >= 11 is 0. The highest BCUT2D eigenvalue weighted by atomic mass is 15.2. The van der Waals surface area contributed by atoms with Crippen LogP contribution >= 0.6 is 0 Å². The minimum absolute atomic E-state index is 0.322. The second-order valence-corrected chi connectivity index (χ2v) is 8.81. The number of rotatable bonds is 4. The Labute approximate surface area is 132 Å². The third kappa shape index (κ3) is 4.01. The van der Waals surface area contributed by atoms with E-state index in [1.165, 1.54) is 64.5 Å². The summed E-state index contributed by atoms with van der Waals surface area (Å²) in [5, 5.41) is 0. The molecule has 21 heavy (non-hydrogen) atoms. The standard InChI is InChI=1S/C19H38N2/c1-5-7-16-8-6-11-19(15-20,12-9-16)21-13-10-17(14-21)18(2,3)4/h16-17H,5-15,20H2,1-4H3. The van der Waals surface area contributed by atoms with Crippen molar-refractivity contribution in [2.24, 2.45) is 23.0 Å². The average molecular weight is 295 g/mol. The van der Waals surface area contributed by atoms with Crippen LogP contribution < -0.4 is 5.73 Å². The van der Waals surface area contributed by atoms with E-state index in [4.69, 9.17) is 5.73 Å². The normalized spacial score (nSPS) is 35.9. The Morgan fingerprint density at radius 3 is 2.48 bits per heavy atom. The molecule has 1 saturated carbocycles. The van der Waals surface area contributed by atoms with Gasteiger partial charge in [-0.1, -0.05) is 53.4 Å². The first-order valence-corrected chi connectivity index (χ1v) is 9.36. The Kier molecular flexibility index (Phi) is 5.76. The molecule has 0 bridgehead atoms. The summed E-state index contributed by atoms with van der Waals surface area (Å²) in [5.41, 5.74) is 7.09. The van der Waals surface area contributed by atoms with Crippen LogP contribution in [0.15, 0.2) is 0 Å². The van der Waals surface area contributed by atoms with Gasteiger partial charge in [-0.25, -0.2) is 0 Å². The summed E-state index contributed by atoms with van der Waals surface area (Å²) in [5.74, 6) is 1.81. The number of nitrogens with zero attached hydrogens (tertiary/aromatic N) is 1. The summed E-state index contributed by atoms with van der Waals surface area (Å²) in [7, 11) is 0. The quantitative estimate of drug-likeness (QED) is 0.777. The minimum Gasteiger partial charge on any atom is -0.329 e. The van der Waals surface area contributed by atoms with Gasteiger partial charge in [0, 0.05) is 18.6 Å². The second kappa shape index (κ2) is 7.00. The first-order chi connectivity index (χ1) is 9.91. The zero-order chi connectivity index (χ0) is 15.5. The molecule has 2 N–H and O–H groups in total. The van der Waals surface area contributed by atoms with E-state index >= 15 is 0 Å². The summed E-state index contributed by atoms with van der Waals surface area (Å²) in [6, 6.07) is 0. The van der Waals surface area contributed by atoms with Crippen molar-refractivity contribution >= 4 is 0 Å². The van der Waals surface area contributed by atoms with Crippen molar-refractivity contribution in [3.63, 3.8) is 0 Å². The predicted molar refractivity (Wildman–Crippen MR) is 92.4 cm³/mol. The van der Waals surface area contributed by atoms with Crippen molar-refractivity contribution < 1.29 is 0 Å². The minimum atomic E-state index is 0.322. The van der Waals surface area contributed by atoms with Gasteiger partial charge >= 0.3 is 0 Å². The lowest BCUT2D eigenvalue weighted by Crippen LogP contribution is -2.53. The highest BCUT2D eigenvalue weighted by molar-refractivity contribution is 4.98. The van der Waals surface area contributed by atoms with E-state index in [9.17, 15) is 0 Å². The summed E-state index contributed by atoms with van der Waals surface area (Å²) in [4.78, 5) is 2.79. The maximum atomic E-state index is 6.32. The molecule has 0 aromatic carbocycles. The van der Waals surface area contributed by atoms with E-state index in [1.807, 2.05) is 0 Å². The Balaban J connectivity index is 2.01. The molecule has 2 rings (SSSR count). The maximum Gasteiger partial charge on any atom is 0.0331 e. The van der Waals surface area contributed by atoms with Crippen LogP contribution in [0.3, 0.4) is 0 Å². The van der Waals surface area contributed by atoms with Gasteiger partial charge in [-0.15, -0.1) is 0 Å². The number of hydrogen-bond donors (Lipinski definition) is 1. The van der Waals surface area contributed by atoms with Crippen LogP contribution in [-0.4, -0.2) is 30.1 Å². The molecule has 0 aromatic heterocycles. The molecule has 1 saturated heterocycles. The second-order valence-electron chi connectivity index (χ2n) is 8.81. The summed E-state index contributed by atoms with van der Waals surface area (Å²) in [6.07, 6.45) is 11.0. The van der Waals surface area contributed by atoms with Crippen molar-refractivity contribution in [2.45, 2.75) is 84.6 Å². The first kappa shape index (κ1) is 17.3. The monoisotopic (exact) mass is 294 g/mol. The average Bonchev–Trinajstić information content (AvgIpc) is 2.84. The van der Waals surface area contributed by atoms with Crippen LogP contribution in [-0.2, 0) is 0 Å². The SMILES string of the molecule is CCCC1CCCC(CN)(N2CCC(C(C)(C)C)C2)CC1. The van der Waals surface area contributed by atoms with Crippen molar-refractivity contribution in [1.82, 2.24) is 4.90 Å². The lowest BCUT2D eigenvalue weighted by molar-refractivity contribution is 0.0900. The number of hydrogen-bond acceptors (Lipinski definition) is 2. The molecule has 2 nitrogen and oxygen atoms in total. The van der Waals surface area contributed by atoms with Gasteiger partial charge < -0.3 is 5.73 Å². The molecular weight excluding hydrogens is 256 g/mol.